The Labute approximate surface area is 100 Å². The second-order valence-electron chi connectivity index (χ2n) is 3.56. The van der Waals surface area contributed by atoms with E-state index in [0.29, 0.717) is 13.0 Å². The number of hydrogen-bond donors (Lipinski definition) is 1. The van der Waals surface area contributed by atoms with Crippen LogP contribution in [0.1, 0.15) is 12.0 Å². The summed E-state index contributed by atoms with van der Waals surface area (Å²) in [6, 6.07) is 9.57. The zero-order valence-corrected chi connectivity index (χ0v) is 9.63. The molecule has 1 rings (SSSR count). The smallest absolute Gasteiger partial charge is 0.328 e. The zero-order chi connectivity index (χ0) is 12.7. The van der Waals surface area contributed by atoms with E-state index in [-0.39, 0.29) is 0 Å². The van der Waals surface area contributed by atoms with Crippen molar-refractivity contribution >= 4 is 17.7 Å². The molecule has 1 aromatic carbocycles. The van der Waals surface area contributed by atoms with Crippen LogP contribution in [0.15, 0.2) is 30.3 Å². The van der Waals surface area contributed by atoms with Gasteiger partial charge in [0.1, 0.15) is 0 Å². The van der Waals surface area contributed by atoms with Crippen LogP contribution in [0.4, 0.5) is 5.69 Å². The minimum absolute atomic E-state index is 0.438. The Kier molecular flexibility index (Phi) is 4.77. The molecule has 1 N–H and O–H groups in total. The van der Waals surface area contributed by atoms with Crippen molar-refractivity contribution in [3.05, 3.63) is 35.9 Å². The maximum atomic E-state index is 10.5. The van der Waals surface area contributed by atoms with Gasteiger partial charge in [-0.15, -0.1) is 0 Å². The Balaban J connectivity index is 2.91. The van der Waals surface area contributed by atoms with Gasteiger partial charge in [-0.3, -0.25) is 0 Å². The molecule has 4 heteroatoms. The number of carbonyl (C=O) groups is 1. The molecule has 0 bridgehead atoms. The van der Waals surface area contributed by atoms with E-state index in [2.05, 4.69) is 6.07 Å². The predicted octanol–water partition coefficient (Wildman–Crippen LogP) is 2.13. The molecule has 0 radical (unpaired) electrons. The Hall–Kier alpha value is -2.28. The topological polar surface area (TPSA) is 64.3 Å². The summed E-state index contributed by atoms with van der Waals surface area (Å²) < 4.78 is 0. The standard InChI is InChI=1S/C13H14N2O2/c1-15(10-4-9-14)12-6-3-2-5-11(12)7-8-13(16)17/h2-3,5-8H,4,10H2,1H3,(H,16,17)/b8-7+. The van der Waals surface area contributed by atoms with Gasteiger partial charge in [0, 0.05) is 25.4 Å². The fourth-order valence-corrected chi connectivity index (χ4v) is 1.48. The van der Waals surface area contributed by atoms with E-state index < -0.39 is 5.97 Å². The van der Waals surface area contributed by atoms with Gasteiger partial charge in [0.2, 0.25) is 0 Å². The van der Waals surface area contributed by atoms with E-state index in [1.165, 1.54) is 0 Å². The van der Waals surface area contributed by atoms with Crippen molar-refractivity contribution in [3.8, 4) is 6.07 Å². The number of carboxylic acids is 1. The first kappa shape index (κ1) is 12.8. The van der Waals surface area contributed by atoms with E-state index in [1.807, 2.05) is 36.2 Å². The highest BCUT2D eigenvalue weighted by Gasteiger charge is 2.04. The largest absolute Gasteiger partial charge is 0.478 e. The lowest BCUT2D eigenvalue weighted by Crippen LogP contribution is -2.18. The average Bonchev–Trinajstić information content (AvgIpc) is 2.33. The first-order chi connectivity index (χ1) is 8.15. The van der Waals surface area contributed by atoms with Crippen molar-refractivity contribution in [2.75, 3.05) is 18.5 Å². The highest BCUT2D eigenvalue weighted by Crippen LogP contribution is 2.20. The number of aliphatic carboxylic acids is 1. The molecule has 0 aliphatic rings. The van der Waals surface area contributed by atoms with E-state index in [9.17, 15) is 4.79 Å². The van der Waals surface area contributed by atoms with Gasteiger partial charge in [0.15, 0.2) is 0 Å². The summed E-state index contributed by atoms with van der Waals surface area (Å²) in [6.45, 7) is 0.619. The summed E-state index contributed by atoms with van der Waals surface area (Å²) in [6.07, 6.45) is 3.10. The summed E-state index contributed by atoms with van der Waals surface area (Å²) >= 11 is 0. The van der Waals surface area contributed by atoms with Crippen LogP contribution >= 0.6 is 0 Å². The molecular weight excluding hydrogens is 216 g/mol. The highest BCUT2D eigenvalue weighted by molar-refractivity contribution is 5.86. The highest BCUT2D eigenvalue weighted by atomic mass is 16.4. The summed E-state index contributed by atoms with van der Waals surface area (Å²) in [5.41, 5.74) is 1.75. The van der Waals surface area contributed by atoms with Crippen LogP contribution in [0.2, 0.25) is 0 Å². The van der Waals surface area contributed by atoms with Crippen molar-refractivity contribution in [2.24, 2.45) is 0 Å². The maximum absolute atomic E-state index is 10.5. The summed E-state index contributed by atoms with van der Waals surface area (Å²) in [7, 11) is 1.88. The van der Waals surface area contributed by atoms with Gasteiger partial charge in [-0.05, 0) is 17.7 Å². The number of rotatable bonds is 5. The molecule has 0 saturated heterocycles. The van der Waals surface area contributed by atoms with Crippen molar-refractivity contribution < 1.29 is 9.90 Å². The first-order valence-electron chi connectivity index (χ1n) is 5.23. The van der Waals surface area contributed by atoms with Gasteiger partial charge in [0.25, 0.3) is 0 Å². The molecule has 0 amide bonds. The SMILES string of the molecule is CN(CCC#N)c1ccccc1/C=C/C(=O)O. The van der Waals surface area contributed by atoms with Crippen LogP contribution in [0.5, 0.6) is 0 Å². The normalized spacial score (nSPS) is 10.1. The number of anilines is 1. The third-order valence-electron chi connectivity index (χ3n) is 2.31. The minimum Gasteiger partial charge on any atom is -0.478 e. The van der Waals surface area contributed by atoms with Crippen LogP contribution in [-0.4, -0.2) is 24.7 Å². The Bertz CT molecular complexity index is 461. The molecule has 0 fully saturated rings. The number of benzene rings is 1. The summed E-state index contributed by atoms with van der Waals surface area (Å²) in [4.78, 5) is 12.4. The lowest BCUT2D eigenvalue weighted by Gasteiger charge is -2.19. The molecule has 0 saturated carbocycles. The van der Waals surface area contributed by atoms with Crippen molar-refractivity contribution in [1.82, 2.24) is 0 Å². The molecule has 4 nitrogen and oxygen atoms in total. The van der Waals surface area contributed by atoms with Gasteiger partial charge in [-0.25, -0.2) is 4.79 Å². The number of para-hydroxylation sites is 1. The molecule has 0 heterocycles. The zero-order valence-electron chi connectivity index (χ0n) is 9.63. The molecule has 0 aliphatic heterocycles. The second kappa shape index (κ2) is 6.33. The first-order valence-corrected chi connectivity index (χ1v) is 5.23. The van der Waals surface area contributed by atoms with Gasteiger partial charge in [0.05, 0.1) is 12.5 Å². The Morgan fingerprint density at radius 3 is 2.88 bits per heavy atom. The third kappa shape index (κ3) is 3.99. The van der Waals surface area contributed by atoms with Gasteiger partial charge in [-0.2, -0.15) is 5.26 Å². The number of hydrogen-bond acceptors (Lipinski definition) is 3. The van der Waals surface area contributed by atoms with Crippen molar-refractivity contribution in [1.29, 1.82) is 5.26 Å². The van der Waals surface area contributed by atoms with E-state index in [4.69, 9.17) is 10.4 Å². The molecule has 17 heavy (non-hydrogen) atoms. The van der Waals surface area contributed by atoms with Crippen LogP contribution in [0.25, 0.3) is 6.08 Å². The number of nitrogens with zero attached hydrogens (tertiary/aromatic N) is 2. The molecule has 0 atom stereocenters. The van der Waals surface area contributed by atoms with Crippen LogP contribution in [-0.2, 0) is 4.79 Å². The molecule has 0 unspecified atom stereocenters. The number of nitriles is 1. The average molecular weight is 230 g/mol. The number of carboxylic acid groups (broad SMARTS) is 1. The minimum atomic E-state index is -0.973. The third-order valence-corrected chi connectivity index (χ3v) is 2.31. The predicted molar refractivity (Wildman–Crippen MR) is 66.6 cm³/mol. The Morgan fingerprint density at radius 2 is 2.24 bits per heavy atom. The summed E-state index contributed by atoms with van der Waals surface area (Å²) in [5, 5.41) is 17.1. The lowest BCUT2D eigenvalue weighted by molar-refractivity contribution is -0.131. The Morgan fingerprint density at radius 1 is 1.53 bits per heavy atom. The van der Waals surface area contributed by atoms with Gasteiger partial charge >= 0.3 is 5.97 Å². The van der Waals surface area contributed by atoms with E-state index in [1.54, 1.807) is 6.08 Å². The molecular formula is C13H14N2O2. The molecule has 1 aromatic rings. The lowest BCUT2D eigenvalue weighted by atomic mass is 10.1. The van der Waals surface area contributed by atoms with Gasteiger partial charge in [-0.1, -0.05) is 18.2 Å². The molecule has 0 aromatic heterocycles. The van der Waals surface area contributed by atoms with Crippen molar-refractivity contribution in [2.45, 2.75) is 6.42 Å². The van der Waals surface area contributed by atoms with Crippen LogP contribution in [0, 0.1) is 11.3 Å². The fraction of sp³-hybridized carbons (Fsp3) is 0.231. The van der Waals surface area contributed by atoms with Crippen molar-refractivity contribution in [3.63, 3.8) is 0 Å². The molecule has 0 spiro atoms. The maximum Gasteiger partial charge on any atom is 0.328 e. The second-order valence-corrected chi connectivity index (χ2v) is 3.56. The summed E-state index contributed by atoms with van der Waals surface area (Å²) in [5.74, 6) is -0.973. The molecule has 88 valence electrons. The fourth-order valence-electron chi connectivity index (χ4n) is 1.48. The van der Waals surface area contributed by atoms with Crippen LogP contribution < -0.4 is 4.90 Å². The van der Waals surface area contributed by atoms with Gasteiger partial charge < -0.3 is 10.0 Å². The van der Waals surface area contributed by atoms with Crippen LogP contribution in [0.3, 0.4) is 0 Å². The monoisotopic (exact) mass is 230 g/mol. The van der Waals surface area contributed by atoms with E-state index in [0.717, 1.165) is 17.3 Å². The molecule has 0 aliphatic carbocycles. The quantitative estimate of drug-likeness (QED) is 0.787. The van der Waals surface area contributed by atoms with E-state index >= 15 is 0 Å².